The maximum atomic E-state index is 13.3. The Hall–Kier alpha value is -1.99. The molecule has 0 bridgehead atoms. The Balaban J connectivity index is 1.82. The lowest BCUT2D eigenvalue weighted by Crippen LogP contribution is -2.55. The maximum Gasteiger partial charge on any atom is 0.239 e. The minimum absolute atomic E-state index is 0.0249. The van der Waals surface area contributed by atoms with Gasteiger partial charge in [0.2, 0.25) is 11.8 Å². The summed E-state index contributed by atoms with van der Waals surface area (Å²) < 4.78 is 13.3. The first kappa shape index (κ1) is 22.3. The molecule has 7 heteroatoms. The van der Waals surface area contributed by atoms with Crippen molar-refractivity contribution in [2.75, 3.05) is 52.9 Å². The van der Waals surface area contributed by atoms with Crippen LogP contribution in [0.2, 0.25) is 0 Å². The van der Waals surface area contributed by atoms with E-state index in [1.54, 1.807) is 18.0 Å². The Labute approximate surface area is 167 Å². The predicted molar refractivity (Wildman–Crippen MR) is 108 cm³/mol. The molecule has 156 valence electrons. The van der Waals surface area contributed by atoms with Gasteiger partial charge in [-0.15, -0.1) is 0 Å². The SMILES string of the molecule is CCN(CC)C(=O)CN1CCN(C(C)C(=O)N(C)Cc2cccc(F)c2)CC1. The molecule has 1 unspecified atom stereocenters. The van der Waals surface area contributed by atoms with Crippen LogP contribution in [0.15, 0.2) is 24.3 Å². The molecule has 0 spiro atoms. The summed E-state index contributed by atoms with van der Waals surface area (Å²) >= 11 is 0. The predicted octanol–water partition coefficient (Wildman–Crippen LogP) is 1.66. The summed E-state index contributed by atoms with van der Waals surface area (Å²) in [4.78, 5) is 32.8. The van der Waals surface area contributed by atoms with E-state index >= 15 is 0 Å². The molecule has 0 saturated carbocycles. The molecule has 1 aromatic carbocycles. The van der Waals surface area contributed by atoms with Crippen LogP contribution in [0.4, 0.5) is 4.39 Å². The Morgan fingerprint density at radius 1 is 1.14 bits per heavy atom. The fraction of sp³-hybridized carbons (Fsp3) is 0.619. The summed E-state index contributed by atoms with van der Waals surface area (Å²) in [5.41, 5.74) is 0.780. The molecule has 1 saturated heterocycles. The molecule has 1 fully saturated rings. The summed E-state index contributed by atoms with van der Waals surface area (Å²) in [6, 6.07) is 6.10. The van der Waals surface area contributed by atoms with Crippen molar-refractivity contribution in [3.63, 3.8) is 0 Å². The van der Waals surface area contributed by atoms with Crippen LogP contribution in [0.5, 0.6) is 0 Å². The van der Waals surface area contributed by atoms with Crippen molar-refractivity contribution in [1.29, 1.82) is 0 Å². The van der Waals surface area contributed by atoms with Gasteiger partial charge in [0.25, 0.3) is 0 Å². The first-order valence-electron chi connectivity index (χ1n) is 10.1. The van der Waals surface area contributed by atoms with Crippen LogP contribution in [0, 0.1) is 5.82 Å². The van der Waals surface area contributed by atoms with Gasteiger partial charge in [-0.05, 0) is 38.5 Å². The average Bonchev–Trinajstić information content (AvgIpc) is 2.68. The molecule has 0 N–H and O–H groups in total. The highest BCUT2D eigenvalue weighted by Gasteiger charge is 2.28. The molecule has 2 amide bonds. The van der Waals surface area contributed by atoms with Crippen LogP contribution in [-0.4, -0.2) is 90.3 Å². The average molecular weight is 393 g/mol. The number of hydrogen-bond acceptors (Lipinski definition) is 4. The van der Waals surface area contributed by atoms with Crippen molar-refractivity contribution in [1.82, 2.24) is 19.6 Å². The Bertz CT molecular complexity index is 658. The molecule has 0 radical (unpaired) electrons. The van der Waals surface area contributed by atoms with E-state index in [4.69, 9.17) is 0 Å². The van der Waals surface area contributed by atoms with Gasteiger partial charge in [0.05, 0.1) is 12.6 Å². The summed E-state index contributed by atoms with van der Waals surface area (Å²) in [6.07, 6.45) is 0. The second-order valence-corrected chi connectivity index (χ2v) is 7.38. The van der Waals surface area contributed by atoms with Gasteiger partial charge in [-0.3, -0.25) is 19.4 Å². The minimum atomic E-state index is -0.290. The molecule has 0 aliphatic carbocycles. The van der Waals surface area contributed by atoms with Gasteiger partial charge < -0.3 is 9.80 Å². The van der Waals surface area contributed by atoms with Crippen molar-refractivity contribution in [2.24, 2.45) is 0 Å². The monoisotopic (exact) mass is 392 g/mol. The molecule has 28 heavy (non-hydrogen) atoms. The lowest BCUT2D eigenvalue weighted by atomic mass is 10.1. The van der Waals surface area contributed by atoms with Gasteiger partial charge in [0.1, 0.15) is 5.82 Å². The second-order valence-electron chi connectivity index (χ2n) is 7.38. The molecule has 1 aliphatic heterocycles. The molecule has 1 aliphatic rings. The largest absolute Gasteiger partial charge is 0.342 e. The fourth-order valence-electron chi connectivity index (χ4n) is 3.64. The fourth-order valence-corrected chi connectivity index (χ4v) is 3.64. The Morgan fingerprint density at radius 2 is 1.79 bits per heavy atom. The molecular formula is C21H33FN4O2. The van der Waals surface area contributed by atoms with E-state index in [-0.39, 0.29) is 23.7 Å². The summed E-state index contributed by atoms with van der Waals surface area (Å²) in [7, 11) is 1.75. The topological polar surface area (TPSA) is 47.1 Å². The third-order valence-electron chi connectivity index (χ3n) is 5.47. The van der Waals surface area contributed by atoms with E-state index in [0.717, 1.165) is 44.8 Å². The molecular weight excluding hydrogens is 359 g/mol. The highest BCUT2D eigenvalue weighted by molar-refractivity contribution is 5.81. The zero-order valence-electron chi connectivity index (χ0n) is 17.5. The number of amides is 2. The van der Waals surface area contributed by atoms with E-state index in [1.165, 1.54) is 12.1 Å². The number of hydrogen-bond donors (Lipinski definition) is 0. The third kappa shape index (κ3) is 6.01. The number of benzene rings is 1. The summed E-state index contributed by atoms with van der Waals surface area (Å²) in [5, 5.41) is 0. The zero-order chi connectivity index (χ0) is 20.7. The summed E-state index contributed by atoms with van der Waals surface area (Å²) in [5.74, 6) is -0.101. The molecule has 1 heterocycles. The van der Waals surface area contributed by atoms with Crippen LogP contribution in [-0.2, 0) is 16.1 Å². The van der Waals surface area contributed by atoms with E-state index in [9.17, 15) is 14.0 Å². The number of carbonyl (C=O) groups is 2. The first-order valence-corrected chi connectivity index (χ1v) is 10.1. The number of nitrogens with zero attached hydrogens (tertiary/aromatic N) is 4. The van der Waals surface area contributed by atoms with E-state index < -0.39 is 0 Å². The standard InChI is InChI=1S/C21H33FN4O2/c1-5-25(6-2)20(27)16-24-10-12-26(13-11-24)17(3)21(28)23(4)15-18-8-7-9-19(22)14-18/h7-9,14,17H,5-6,10-13,15-16H2,1-4H3. The van der Waals surface area contributed by atoms with Crippen molar-refractivity contribution >= 4 is 11.8 Å². The number of likely N-dealkylation sites (N-methyl/N-ethyl adjacent to an activating group) is 2. The van der Waals surface area contributed by atoms with Crippen LogP contribution in [0.25, 0.3) is 0 Å². The van der Waals surface area contributed by atoms with Gasteiger partial charge >= 0.3 is 0 Å². The van der Waals surface area contributed by atoms with Crippen molar-refractivity contribution in [3.05, 3.63) is 35.6 Å². The Morgan fingerprint density at radius 3 is 2.36 bits per heavy atom. The Kier molecular flexibility index (Phi) is 8.38. The number of halogens is 1. The van der Waals surface area contributed by atoms with Crippen LogP contribution in [0.1, 0.15) is 26.3 Å². The number of rotatable bonds is 8. The molecule has 1 atom stereocenters. The van der Waals surface area contributed by atoms with Gasteiger partial charge in [-0.2, -0.15) is 0 Å². The highest BCUT2D eigenvalue weighted by Crippen LogP contribution is 2.12. The van der Waals surface area contributed by atoms with Crippen molar-refractivity contribution in [3.8, 4) is 0 Å². The maximum absolute atomic E-state index is 13.3. The van der Waals surface area contributed by atoms with Crippen LogP contribution < -0.4 is 0 Å². The van der Waals surface area contributed by atoms with E-state index in [1.807, 2.05) is 31.7 Å². The van der Waals surface area contributed by atoms with Crippen LogP contribution >= 0.6 is 0 Å². The van der Waals surface area contributed by atoms with Gasteiger partial charge in [-0.1, -0.05) is 12.1 Å². The zero-order valence-corrected chi connectivity index (χ0v) is 17.5. The normalized spacial score (nSPS) is 16.6. The van der Waals surface area contributed by atoms with E-state index in [2.05, 4.69) is 9.80 Å². The van der Waals surface area contributed by atoms with Crippen LogP contribution in [0.3, 0.4) is 0 Å². The molecule has 6 nitrogen and oxygen atoms in total. The van der Waals surface area contributed by atoms with E-state index in [0.29, 0.717) is 13.1 Å². The van der Waals surface area contributed by atoms with Gasteiger partial charge in [0, 0.05) is 52.9 Å². The minimum Gasteiger partial charge on any atom is -0.342 e. The van der Waals surface area contributed by atoms with Crippen molar-refractivity contribution < 1.29 is 14.0 Å². The first-order chi connectivity index (χ1) is 13.3. The number of piperazine rings is 1. The molecule has 2 rings (SSSR count). The quantitative estimate of drug-likeness (QED) is 0.675. The smallest absolute Gasteiger partial charge is 0.239 e. The lowest BCUT2D eigenvalue weighted by Gasteiger charge is -2.38. The highest BCUT2D eigenvalue weighted by atomic mass is 19.1. The number of carbonyl (C=O) groups excluding carboxylic acids is 2. The van der Waals surface area contributed by atoms with Gasteiger partial charge in [0.15, 0.2) is 0 Å². The van der Waals surface area contributed by atoms with Gasteiger partial charge in [-0.25, -0.2) is 4.39 Å². The molecule has 1 aromatic rings. The van der Waals surface area contributed by atoms with Crippen molar-refractivity contribution in [2.45, 2.75) is 33.4 Å². The lowest BCUT2D eigenvalue weighted by molar-refractivity contribution is -0.137. The molecule has 0 aromatic heterocycles. The summed E-state index contributed by atoms with van der Waals surface area (Å²) in [6.45, 7) is 11.3. The second kappa shape index (κ2) is 10.5. The third-order valence-corrected chi connectivity index (χ3v) is 5.47.